The number of benzene rings is 1. The molecular weight excluding hydrogens is 351 g/mol. The van der Waals surface area contributed by atoms with Crippen molar-refractivity contribution in [1.29, 1.82) is 0 Å². The maximum atomic E-state index is 11.8. The summed E-state index contributed by atoms with van der Waals surface area (Å²) >= 11 is 14.1. The minimum Gasteiger partial charge on any atom is -0.356 e. The number of nitrogens with one attached hydrogen (secondary N) is 2. The van der Waals surface area contributed by atoms with Gasteiger partial charge >= 0.3 is 0 Å². The molecule has 0 radical (unpaired) electrons. The van der Waals surface area contributed by atoms with Gasteiger partial charge in [-0.1, -0.05) is 29.3 Å². The van der Waals surface area contributed by atoms with Gasteiger partial charge in [-0.2, -0.15) is 11.8 Å². The van der Waals surface area contributed by atoms with E-state index >= 15 is 0 Å². The summed E-state index contributed by atoms with van der Waals surface area (Å²) in [5.74, 6) is 2.21. The Labute approximate surface area is 145 Å². The first-order chi connectivity index (χ1) is 9.66. The number of thioether (sulfide) groups is 1. The molecule has 1 aliphatic heterocycles. The molecule has 2 N–H and O–H groups in total. The van der Waals surface area contributed by atoms with Crippen molar-refractivity contribution < 1.29 is 4.79 Å². The third kappa shape index (κ3) is 6.25. The van der Waals surface area contributed by atoms with Gasteiger partial charge < -0.3 is 10.6 Å². The molecular formula is C14H19Cl3N2OS. The maximum Gasteiger partial charge on any atom is 0.221 e. The first kappa shape index (κ1) is 18.9. The van der Waals surface area contributed by atoms with E-state index in [4.69, 9.17) is 23.2 Å². The van der Waals surface area contributed by atoms with E-state index < -0.39 is 0 Å². The van der Waals surface area contributed by atoms with E-state index in [0.717, 1.165) is 23.6 Å². The Hall–Kier alpha value is -0.130. The molecule has 1 saturated heterocycles. The summed E-state index contributed by atoms with van der Waals surface area (Å²) in [7, 11) is 0. The molecule has 0 bridgehead atoms. The summed E-state index contributed by atoms with van der Waals surface area (Å²) in [5.41, 5.74) is 0.891. The molecule has 1 atom stereocenters. The summed E-state index contributed by atoms with van der Waals surface area (Å²) in [6, 6.07) is 5.73. The van der Waals surface area contributed by atoms with Crippen molar-refractivity contribution in [2.45, 2.75) is 18.9 Å². The van der Waals surface area contributed by atoms with Crippen LogP contribution in [0.2, 0.25) is 10.0 Å². The number of carbonyl (C=O) groups is 1. The van der Waals surface area contributed by atoms with Gasteiger partial charge in [0.05, 0.1) is 0 Å². The van der Waals surface area contributed by atoms with Crippen LogP contribution in [0.5, 0.6) is 0 Å². The lowest BCUT2D eigenvalue weighted by Gasteiger charge is -2.22. The van der Waals surface area contributed by atoms with Gasteiger partial charge in [0.1, 0.15) is 0 Å². The molecule has 1 aromatic rings. The van der Waals surface area contributed by atoms with E-state index in [0.29, 0.717) is 29.4 Å². The Kier molecular flexibility index (Phi) is 8.83. The van der Waals surface area contributed by atoms with Gasteiger partial charge in [0.25, 0.3) is 0 Å². The van der Waals surface area contributed by atoms with Crippen LogP contribution in [0.1, 0.15) is 12.0 Å². The van der Waals surface area contributed by atoms with Gasteiger partial charge in [-0.15, -0.1) is 12.4 Å². The quantitative estimate of drug-likeness (QED) is 0.837. The van der Waals surface area contributed by atoms with Crippen molar-refractivity contribution in [3.63, 3.8) is 0 Å². The minimum atomic E-state index is 0. The molecule has 1 aliphatic rings. The smallest absolute Gasteiger partial charge is 0.221 e. The molecule has 1 fully saturated rings. The molecule has 0 spiro atoms. The topological polar surface area (TPSA) is 41.1 Å². The fourth-order valence-electron chi connectivity index (χ4n) is 2.14. The zero-order valence-corrected chi connectivity index (χ0v) is 14.7. The largest absolute Gasteiger partial charge is 0.356 e. The van der Waals surface area contributed by atoms with Crippen molar-refractivity contribution in [3.8, 4) is 0 Å². The molecule has 3 nitrogen and oxygen atoms in total. The van der Waals surface area contributed by atoms with Gasteiger partial charge in [0.15, 0.2) is 0 Å². The van der Waals surface area contributed by atoms with Crippen LogP contribution in [0.25, 0.3) is 0 Å². The van der Waals surface area contributed by atoms with Gasteiger partial charge in [-0.25, -0.2) is 0 Å². The molecule has 0 saturated carbocycles. The third-order valence-electron chi connectivity index (χ3n) is 3.19. The van der Waals surface area contributed by atoms with E-state index in [2.05, 4.69) is 10.6 Å². The number of hydrogen-bond acceptors (Lipinski definition) is 3. The van der Waals surface area contributed by atoms with E-state index in [-0.39, 0.29) is 24.4 Å². The van der Waals surface area contributed by atoms with E-state index in [1.807, 2.05) is 30.0 Å². The van der Waals surface area contributed by atoms with Crippen molar-refractivity contribution in [3.05, 3.63) is 33.8 Å². The highest BCUT2D eigenvalue weighted by Crippen LogP contribution is 2.24. The molecule has 118 valence electrons. The number of halogens is 3. The monoisotopic (exact) mass is 368 g/mol. The lowest BCUT2D eigenvalue weighted by Crippen LogP contribution is -2.41. The normalized spacial score (nSPS) is 17.9. The Bertz CT molecular complexity index is 447. The van der Waals surface area contributed by atoms with Crippen LogP contribution in [0.15, 0.2) is 18.2 Å². The molecule has 2 rings (SSSR count). The summed E-state index contributed by atoms with van der Waals surface area (Å²) in [5, 5.41) is 7.58. The number of hydrogen-bond donors (Lipinski definition) is 2. The van der Waals surface area contributed by atoms with Gasteiger partial charge in [0.2, 0.25) is 5.91 Å². The number of amides is 1. The SMILES string of the molecule is Cl.O=C(CC1CSCCN1)NCCc1c(Cl)cccc1Cl. The zero-order valence-electron chi connectivity index (χ0n) is 11.5. The van der Waals surface area contributed by atoms with Gasteiger partial charge in [-0.05, 0) is 24.1 Å². The Morgan fingerprint density at radius 1 is 1.38 bits per heavy atom. The zero-order chi connectivity index (χ0) is 14.4. The highest BCUT2D eigenvalue weighted by atomic mass is 35.5. The maximum absolute atomic E-state index is 11.8. The molecule has 0 aromatic heterocycles. The Morgan fingerprint density at radius 2 is 2.10 bits per heavy atom. The summed E-state index contributed by atoms with van der Waals surface area (Å²) < 4.78 is 0. The van der Waals surface area contributed by atoms with Crippen LogP contribution >= 0.6 is 47.4 Å². The highest BCUT2D eigenvalue weighted by molar-refractivity contribution is 7.99. The van der Waals surface area contributed by atoms with E-state index in [9.17, 15) is 4.79 Å². The van der Waals surface area contributed by atoms with Gasteiger partial charge in [0, 0.05) is 47.1 Å². The Balaban J connectivity index is 0.00000220. The summed E-state index contributed by atoms with van der Waals surface area (Å²) in [4.78, 5) is 11.8. The van der Waals surface area contributed by atoms with Crippen LogP contribution in [0.4, 0.5) is 0 Å². The van der Waals surface area contributed by atoms with Crippen LogP contribution in [-0.2, 0) is 11.2 Å². The van der Waals surface area contributed by atoms with Gasteiger partial charge in [-0.3, -0.25) is 4.79 Å². The standard InChI is InChI=1S/C14H18Cl2N2OS.ClH/c15-12-2-1-3-13(16)11(12)4-5-18-14(19)8-10-9-20-7-6-17-10;/h1-3,10,17H,4-9H2,(H,18,19);1H. The van der Waals surface area contributed by atoms with E-state index in [1.54, 1.807) is 0 Å². The average Bonchev–Trinajstić information content (AvgIpc) is 2.43. The summed E-state index contributed by atoms with van der Waals surface area (Å²) in [6.45, 7) is 1.54. The second-order valence-electron chi connectivity index (χ2n) is 4.73. The predicted molar refractivity (Wildman–Crippen MR) is 94.2 cm³/mol. The second kappa shape index (κ2) is 9.80. The van der Waals surface area contributed by atoms with E-state index in [1.165, 1.54) is 0 Å². The lowest BCUT2D eigenvalue weighted by molar-refractivity contribution is -0.121. The predicted octanol–water partition coefficient (Wildman–Crippen LogP) is 3.17. The fraction of sp³-hybridized carbons (Fsp3) is 0.500. The second-order valence-corrected chi connectivity index (χ2v) is 6.69. The van der Waals surface area contributed by atoms with Crippen LogP contribution < -0.4 is 10.6 Å². The first-order valence-corrected chi connectivity index (χ1v) is 8.58. The minimum absolute atomic E-state index is 0. The molecule has 21 heavy (non-hydrogen) atoms. The molecule has 1 amide bonds. The van der Waals surface area contributed by atoms with Crippen LogP contribution in [-0.4, -0.2) is 36.5 Å². The highest BCUT2D eigenvalue weighted by Gasteiger charge is 2.16. The number of rotatable bonds is 5. The third-order valence-corrected chi connectivity index (χ3v) is 5.03. The molecule has 0 aliphatic carbocycles. The molecule has 1 heterocycles. The first-order valence-electron chi connectivity index (χ1n) is 6.67. The lowest BCUT2D eigenvalue weighted by atomic mass is 10.1. The van der Waals surface area contributed by atoms with Crippen LogP contribution in [0.3, 0.4) is 0 Å². The number of carbonyl (C=O) groups excluding carboxylic acids is 1. The molecule has 1 unspecified atom stereocenters. The van der Waals surface area contributed by atoms with Crippen molar-refractivity contribution in [1.82, 2.24) is 10.6 Å². The van der Waals surface area contributed by atoms with Crippen LogP contribution in [0, 0.1) is 0 Å². The molecule has 1 aromatic carbocycles. The Morgan fingerprint density at radius 3 is 2.71 bits per heavy atom. The summed E-state index contributed by atoms with van der Waals surface area (Å²) in [6.07, 6.45) is 1.18. The fourth-order valence-corrected chi connectivity index (χ4v) is 3.68. The molecule has 7 heteroatoms. The van der Waals surface area contributed by atoms with Crippen molar-refractivity contribution in [2.75, 3.05) is 24.6 Å². The van der Waals surface area contributed by atoms with Crippen molar-refractivity contribution in [2.24, 2.45) is 0 Å². The van der Waals surface area contributed by atoms with Crippen molar-refractivity contribution >= 4 is 53.3 Å². The average molecular weight is 370 g/mol.